The highest BCUT2D eigenvalue weighted by Gasteiger charge is 2.12. The van der Waals surface area contributed by atoms with Crippen molar-refractivity contribution in [2.75, 3.05) is 17.2 Å². The summed E-state index contributed by atoms with van der Waals surface area (Å²) < 4.78 is 17.7. The molecule has 146 valence electrons. The molecule has 0 spiro atoms. The fourth-order valence-corrected chi connectivity index (χ4v) is 2.29. The summed E-state index contributed by atoms with van der Waals surface area (Å²) in [6.07, 6.45) is -0.299. The average molecular weight is 386 g/mol. The minimum absolute atomic E-state index is 0.106. The van der Waals surface area contributed by atoms with Crippen LogP contribution in [-0.4, -0.2) is 30.2 Å². The average Bonchev–Trinajstić information content (AvgIpc) is 2.64. The van der Waals surface area contributed by atoms with E-state index in [4.69, 9.17) is 4.74 Å². The fourth-order valence-electron chi connectivity index (χ4n) is 2.29. The molecule has 2 rings (SSSR count). The molecule has 0 aliphatic rings. The highest BCUT2D eigenvalue weighted by atomic mass is 19.1. The molecule has 0 saturated heterocycles. The van der Waals surface area contributed by atoms with Crippen molar-refractivity contribution < 1.29 is 28.3 Å². The molecule has 0 saturated carbocycles. The highest BCUT2D eigenvalue weighted by molar-refractivity contribution is 5.98. The van der Waals surface area contributed by atoms with Crippen LogP contribution in [0.25, 0.3) is 0 Å². The monoisotopic (exact) mass is 386 g/mol. The van der Waals surface area contributed by atoms with Crippen LogP contribution in [0.5, 0.6) is 0 Å². The molecule has 8 heteroatoms. The van der Waals surface area contributed by atoms with Gasteiger partial charge in [0.15, 0.2) is 12.4 Å². The number of carbonyl (C=O) groups is 4. The molecule has 0 radical (unpaired) electrons. The molecule has 0 aromatic heterocycles. The van der Waals surface area contributed by atoms with Gasteiger partial charge < -0.3 is 15.4 Å². The number of hydrogen-bond donors (Lipinski definition) is 2. The largest absolute Gasteiger partial charge is 0.456 e. The number of amides is 2. The van der Waals surface area contributed by atoms with Crippen LogP contribution in [0.4, 0.5) is 15.8 Å². The maximum absolute atomic E-state index is 12.8. The number of benzene rings is 2. The predicted molar refractivity (Wildman–Crippen MR) is 100 cm³/mol. The summed E-state index contributed by atoms with van der Waals surface area (Å²) in [7, 11) is 0. The molecule has 2 N–H and O–H groups in total. The number of ether oxygens (including phenoxy) is 1. The van der Waals surface area contributed by atoms with Gasteiger partial charge in [-0.15, -0.1) is 0 Å². The zero-order chi connectivity index (χ0) is 20.5. The lowest BCUT2D eigenvalue weighted by atomic mass is 10.1. The van der Waals surface area contributed by atoms with Crippen LogP contribution in [0.1, 0.15) is 30.1 Å². The molecule has 0 aliphatic heterocycles. The van der Waals surface area contributed by atoms with E-state index < -0.39 is 24.3 Å². The Balaban J connectivity index is 1.74. The third-order valence-corrected chi connectivity index (χ3v) is 3.55. The summed E-state index contributed by atoms with van der Waals surface area (Å²) in [5, 5.41) is 5.12. The van der Waals surface area contributed by atoms with E-state index in [2.05, 4.69) is 10.6 Å². The van der Waals surface area contributed by atoms with Gasteiger partial charge in [-0.05, 0) is 42.5 Å². The molecule has 0 heterocycles. The van der Waals surface area contributed by atoms with Crippen LogP contribution in [0, 0.1) is 5.82 Å². The number of esters is 1. The molecule has 0 unspecified atom stereocenters. The van der Waals surface area contributed by atoms with Crippen LogP contribution in [0.2, 0.25) is 0 Å². The first-order valence-corrected chi connectivity index (χ1v) is 8.45. The van der Waals surface area contributed by atoms with E-state index in [1.165, 1.54) is 19.1 Å². The van der Waals surface area contributed by atoms with Gasteiger partial charge in [0.2, 0.25) is 5.91 Å². The number of halogens is 1. The quantitative estimate of drug-likeness (QED) is 0.537. The van der Waals surface area contributed by atoms with E-state index in [-0.39, 0.29) is 24.5 Å². The minimum atomic E-state index is -0.697. The van der Waals surface area contributed by atoms with E-state index in [0.717, 1.165) is 12.1 Å². The van der Waals surface area contributed by atoms with Gasteiger partial charge in [-0.25, -0.2) is 4.39 Å². The Labute approximate surface area is 160 Å². The van der Waals surface area contributed by atoms with Crippen LogP contribution >= 0.6 is 0 Å². The number of rotatable bonds is 8. The zero-order valence-corrected chi connectivity index (χ0v) is 15.2. The molecule has 2 aromatic rings. The second-order valence-electron chi connectivity index (χ2n) is 5.90. The van der Waals surface area contributed by atoms with Gasteiger partial charge in [-0.3, -0.25) is 19.2 Å². The Morgan fingerprint density at radius 1 is 0.929 bits per heavy atom. The highest BCUT2D eigenvalue weighted by Crippen LogP contribution is 2.15. The molecule has 7 nitrogen and oxygen atoms in total. The van der Waals surface area contributed by atoms with Crippen LogP contribution in [-0.2, 0) is 19.1 Å². The third kappa shape index (κ3) is 6.99. The maximum Gasteiger partial charge on any atom is 0.306 e. The van der Waals surface area contributed by atoms with Crippen molar-refractivity contribution in [2.24, 2.45) is 0 Å². The van der Waals surface area contributed by atoms with Gasteiger partial charge in [0.25, 0.3) is 5.91 Å². The number of ketones is 1. The van der Waals surface area contributed by atoms with E-state index >= 15 is 0 Å². The Morgan fingerprint density at radius 3 is 2.21 bits per heavy atom. The molecule has 0 aliphatic carbocycles. The van der Waals surface area contributed by atoms with Gasteiger partial charge in [-0.2, -0.15) is 0 Å². The molecule has 0 fully saturated rings. The standard InChI is InChI=1S/C20H19FN2O5/c1-13(24)22-16-3-2-4-17(11-16)23-19(26)12-28-20(27)10-9-18(25)14-5-7-15(21)8-6-14/h2-8,11H,9-10,12H2,1H3,(H,22,24)(H,23,26). The molecule has 0 bridgehead atoms. The maximum atomic E-state index is 12.8. The Bertz CT molecular complexity index is 880. The molecular weight excluding hydrogens is 367 g/mol. The van der Waals surface area contributed by atoms with Crippen molar-refractivity contribution in [3.8, 4) is 0 Å². The van der Waals surface area contributed by atoms with Gasteiger partial charge in [0.1, 0.15) is 5.82 Å². The number of Topliss-reactive ketones (excluding diaryl/α,β-unsaturated/α-hetero) is 1. The van der Waals surface area contributed by atoms with Gasteiger partial charge in [-0.1, -0.05) is 6.07 Å². The molecule has 2 amide bonds. The third-order valence-electron chi connectivity index (χ3n) is 3.55. The van der Waals surface area contributed by atoms with E-state index in [1.54, 1.807) is 24.3 Å². The van der Waals surface area contributed by atoms with Crippen molar-refractivity contribution >= 4 is 34.9 Å². The fraction of sp³-hybridized carbons (Fsp3) is 0.200. The summed E-state index contributed by atoms with van der Waals surface area (Å²) in [5.74, 6) is -2.27. The van der Waals surface area contributed by atoms with Crippen molar-refractivity contribution in [2.45, 2.75) is 19.8 Å². The lowest BCUT2D eigenvalue weighted by molar-refractivity contribution is -0.147. The summed E-state index contributed by atoms with van der Waals surface area (Å²) in [6, 6.07) is 11.5. The summed E-state index contributed by atoms with van der Waals surface area (Å²) in [4.78, 5) is 46.5. The van der Waals surface area contributed by atoms with E-state index in [1.807, 2.05) is 0 Å². The number of hydrogen-bond acceptors (Lipinski definition) is 5. The molecule has 0 atom stereocenters. The SMILES string of the molecule is CC(=O)Nc1cccc(NC(=O)COC(=O)CCC(=O)c2ccc(F)cc2)c1. The second-order valence-corrected chi connectivity index (χ2v) is 5.90. The number of nitrogens with one attached hydrogen (secondary N) is 2. The van der Waals surface area contributed by atoms with Crippen molar-refractivity contribution in [1.29, 1.82) is 0 Å². The summed E-state index contributed by atoms with van der Waals surface area (Å²) in [5.41, 5.74) is 1.24. The van der Waals surface area contributed by atoms with Crippen LogP contribution < -0.4 is 10.6 Å². The topological polar surface area (TPSA) is 102 Å². The molecular formula is C20H19FN2O5. The first kappa shape index (κ1) is 20.8. The predicted octanol–water partition coefficient (Wildman–Crippen LogP) is 2.93. The first-order valence-electron chi connectivity index (χ1n) is 8.45. The van der Waals surface area contributed by atoms with Crippen LogP contribution in [0.3, 0.4) is 0 Å². The second kappa shape index (κ2) is 9.96. The van der Waals surface area contributed by atoms with Gasteiger partial charge in [0, 0.05) is 30.3 Å². The van der Waals surface area contributed by atoms with Crippen molar-refractivity contribution in [1.82, 2.24) is 0 Å². The normalized spacial score (nSPS) is 10.1. The lowest BCUT2D eigenvalue weighted by Gasteiger charge is -2.08. The Morgan fingerprint density at radius 2 is 1.57 bits per heavy atom. The molecule has 28 heavy (non-hydrogen) atoms. The molecule has 2 aromatic carbocycles. The first-order chi connectivity index (χ1) is 13.3. The van der Waals surface area contributed by atoms with Crippen molar-refractivity contribution in [3.63, 3.8) is 0 Å². The zero-order valence-electron chi connectivity index (χ0n) is 15.2. The smallest absolute Gasteiger partial charge is 0.306 e. The van der Waals surface area contributed by atoms with Gasteiger partial charge >= 0.3 is 5.97 Å². The van der Waals surface area contributed by atoms with Gasteiger partial charge in [0.05, 0.1) is 6.42 Å². The van der Waals surface area contributed by atoms with E-state index in [9.17, 15) is 23.6 Å². The van der Waals surface area contributed by atoms with Crippen LogP contribution in [0.15, 0.2) is 48.5 Å². The number of carbonyl (C=O) groups excluding carboxylic acids is 4. The van der Waals surface area contributed by atoms with Crippen molar-refractivity contribution in [3.05, 3.63) is 59.9 Å². The Hall–Kier alpha value is -3.55. The number of anilines is 2. The summed E-state index contributed by atoms with van der Waals surface area (Å²) >= 11 is 0. The summed E-state index contributed by atoms with van der Waals surface area (Å²) in [6.45, 7) is 0.861. The Kier molecular flexibility index (Phi) is 7.38. The van der Waals surface area contributed by atoms with E-state index in [0.29, 0.717) is 16.9 Å². The lowest BCUT2D eigenvalue weighted by Crippen LogP contribution is -2.21. The minimum Gasteiger partial charge on any atom is -0.456 e.